The maximum atomic E-state index is 11.9. The van der Waals surface area contributed by atoms with Crippen LogP contribution in [0.3, 0.4) is 0 Å². The van der Waals surface area contributed by atoms with E-state index >= 15 is 0 Å². The summed E-state index contributed by atoms with van der Waals surface area (Å²) in [4.78, 5) is 22.6. The van der Waals surface area contributed by atoms with Gasteiger partial charge < -0.3 is 15.2 Å². The zero-order valence-electron chi connectivity index (χ0n) is 13.5. The van der Waals surface area contributed by atoms with Crippen molar-refractivity contribution in [3.8, 4) is 0 Å². The monoisotopic (exact) mass is 314 g/mol. The first-order valence-corrected chi connectivity index (χ1v) is 8.41. The van der Waals surface area contributed by atoms with Gasteiger partial charge in [-0.25, -0.2) is 0 Å². The molecule has 0 saturated carbocycles. The zero-order chi connectivity index (χ0) is 16.0. The Morgan fingerprint density at radius 2 is 1.86 bits per heavy atom. The Morgan fingerprint density at radius 1 is 1.23 bits per heavy atom. The van der Waals surface area contributed by atoms with Crippen LogP contribution in [0.25, 0.3) is 0 Å². The van der Waals surface area contributed by atoms with Gasteiger partial charge >= 0.3 is 0 Å². The summed E-state index contributed by atoms with van der Waals surface area (Å²) in [6, 6.07) is 0. The third-order valence-electron chi connectivity index (χ3n) is 4.21. The lowest BCUT2D eigenvalue weighted by Crippen LogP contribution is -2.39. The summed E-state index contributed by atoms with van der Waals surface area (Å²) in [6.07, 6.45) is 8.70. The van der Waals surface area contributed by atoms with E-state index in [0.717, 1.165) is 45.7 Å². The van der Waals surface area contributed by atoms with Gasteiger partial charge in [-0.3, -0.25) is 14.5 Å². The topological polar surface area (TPSA) is 78.9 Å². The smallest absolute Gasteiger partial charge is 0.290 e. The van der Waals surface area contributed by atoms with Crippen molar-refractivity contribution in [1.29, 1.82) is 0 Å². The molecule has 1 unspecified atom stereocenters. The van der Waals surface area contributed by atoms with Crippen LogP contribution in [0.4, 0.5) is 0 Å². The molecule has 0 radical (unpaired) electrons. The van der Waals surface area contributed by atoms with Crippen LogP contribution in [-0.4, -0.2) is 61.8 Å². The molecule has 1 atom stereocenters. The molecule has 0 aromatic rings. The highest BCUT2D eigenvalue weighted by molar-refractivity contribution is 5.77. The normalized spacial score (nSPS) is 22.8. The fourth-order valence-corrected chi connectivity index (χ4v) is 2.96. The molecule has 0 aromatic heterocycles. The van der Waals surface area contributed by atoms with Crippen molar-refractivity contribution in [3.05, 3.63) is 0 Å². The van der Waals surface area contributed by atoms with E-state index in [0.29, 0.717) is 12.5 Å². The van der Waals surface area contributed by atoms with Gasteiger partial charge in [-0.05, 0) is 44.7 Å². The van der Waals surface area contributed by atoms with Gasteiger partial charge in [0.25, 0.3) is 6.47 Å². The Hall–Kier alpha value is -1.14. The van der Waals surface area contributed by atoms with Gasteiger partial charge in [0.2, 0.25) is 5.91 Å². The van der Waals surface area contributed by atoms with Crippen LogP contribution in [0.1, 0.15) is 44.9 Å². The van der Waals surface area contributed by atoms with Crippen LogP contribution in [0, 0.1) is 5.92 Å². The van der Waals surface area contributed by atoms with Crippen molar-refractivity contribution in [2.75, 3.05) is 39.4 Å². The third-order valence-corrected chi connectivity index (χ3v) is 4.21. The Morgan fingerprint density at radius 3 is 2.45 bits per heavy atom. The molecule has 2 aliphatic heterocycles. The molecule has 2 heterocycles. The second-order valence-corrected chi connectivity index (χ2v) is 6.02. The molecule has 2 aliphatic rings. The summed E-state index contributed by atoms with van der Waals surface area (Å²) in [5.41, 5.74) is 0. The van der Waals surface area contributed by atoms with Gasteiger partial charge in [0.05, 0.1) is 6.54 Å². The van der Waals surface area contributed by atoms with E-state index in [4.69, 9.17) is 14.6 Å². The standard InChI is InChI=1S/C15H28N2O2.CH2O2/c18-15(16-8-6-14-7-11-19-13-14)12-17-9-4-2-1-3-5-10-17;2-1-3/h14H,1-13H2,(H,16,18);1H,(H,2,3). The van der Waals surface area contributed by atoms with Crippen LogP contribution in [0.5, 0.6) is 0 Å². The van der Waals surface area contributed by atoms with E-state index < -0.39 is 0 Å². The second kappa shape index (κ2) is 12.4. The number of likely N-dealkylation sites (tertiary alicyclic amines) is 1. The maximum Gasteiger partial charge on any atom is 0.290 e. The average molecular weight is 314 g/mol. The molecule has 1 amide bonds. The number of rotatable bonds is 5. The third kappa shape index (κ3) is 9.00. The number of carboxylic acid groups (broad SMARTS) is 1. The molecule has 2 saturated heterocycles. The molecule has 0 bridgehead atoms. The minimum absolute atomic E-state index is 0.194. The van der Waals surface area contributed by atoms with Crippen molar-refractivity contribution in [2.24, 2.45) is 5.92 Å². The quantitative estimate of drug-likeness (QED) is 0.752. The maximum absolute atomic E-state index is 11.9. The molecule has 0 aliphatic carbocycles. The Kier molecular flexibility index (Phi) is 10.7. The second-order valence-electron chi connectivity index (χ2n) is 6.02. The number of amides is 1. The zero-order valence-corrected chi connectivity index (χ0v) is 13.5. The van der Waals surface area contributed by atoms with Gasteiger partial charge in [0.1, 0.15) is 0 Å². The molecule has 6 nitrogen and oxygen atoms in total. The van der Waals surface area contributed by atoms with Gasteiger partial charge in [0.15, 0.2) is 0 Å². The number of hydrogen-bond acceptors (Lipinski definition) is 4. The molecule has 2 fully saturated rings. The Labute approximate surface area is 133 Å². The lowest BCUT2D eigenvalue weighted by Gasteiger charge is -2.23. The van der Waals surface area contributed by atoms with Crippen molar-refractivity contribution in [2.45, 2.75) is 44.9 Å². The van der Waals surface area contributed by atoms with Crippen molar-refractivity contribution >= 4 is 12.4 Å². The molecule has 22 heavy (non-hydrogen) atoms. The number of carbonyl (C=O) groups excluding carboxylic acids is 1. The lowest BCUT2D eigenvalue weighted by atomic mass is 10.1. The number of nitrogens with one attached hydrogen (secondary N) is 1. The van der Waals surface area contributed by atoms with E-state index in [9.17, 15) is 4.79 Å². The van der Waals surface area contributed by atoms with E-state index in [1.54, 1.807) is 0 Å². The Balaban J connectivity index is 0.000000745. The lowest BCUT2D eigenvalue weighted by molar-refractivity contribution is -0.123. The summed E-state index contributed by atoms with van der Waals surface area (Å²) in [6.45, 7) is 5.09. The number of ether oxygens (including phenoxy) is 1. The van der Waals surface area contributed by atoms with Crippen LogP contribution in [0.2, 0.25) is 0 Å². The summed E-state index contributed by atoms with van der Waals surface area (Å²) in [5, 5.41) is 9.95. The van der Waals surface area contributed by atoms with Crippen LogP contribution < -0.4 is 5.32 Å². The minimum atomic E-state index is -0.250. The Bertz CT molecular complexity index is 299. The first-order valence-electron chi connectivity index (χ1n) is 8.41. The van der Waals surface area contributed by atoms with Crippen LogP contribution in [-0.2, 0) is 14.3 Å². The number of nitrogens with zero attached hydrogens (tertiary/aromatic N) is 1. The summed E-state index contributed by atoms with van der Waals surface area (Å²) in [5.74, 6) is 0.849. The fourth-order valence-electron chi connectivity index (χ4n) is 2.96. The van der Waals surface area contributed by atoms with Gasteiger partial charge in [-0.15, -0.1) is 0 Å². The molecule has 128 valence electrons. The molecule has 0 spiro atoms. The van der Waals surface area contributed by atoms with Gasteiger partial charge in [0, 0.05) is 19.8 Å². The molecule has 2 rings (SSSR count). The molecule has 6 heteroatoms. The van der Waals surface area contributed by atoms with Gasteiger partial charge in [-0.1, -0.05) is 19.3 Å². The van der Waals surface area contributed by atoms with Crippen molar-refractivity contribution in [1.82, 2.24) is 10.2 Å². The van der Waals surface area contributed by atoms with Gasteiger partial charge in [-0.2, -0.15) is 0 Å². The van der Waals surface area contributed by atoms with Crippen molar-refractivity contribution < 1.29 is 19.4 Å². The van der Waals surface area contributed by atoms with Crippen molar-refractivity contribution in [3.63, 3.8) is 0 Å². The van der Waals surface area contributed by atoms with Crippen LogP contribution >= 0.6 is 0 Å². The number of carbonyl (C=O) groups is 2. The summed E-state index contributed by atoms with van der Waals surface area (Å²) >= 11 is 0. The van der Waals surface area contributed by atoms with E-state index in [1.165, 1.54) is 32.1 Å². The summed E-state index contributed by atoms with van der Waals surface area (Å²) in [7, 11) is 0. The predicted molar refractivity (Wildman–Crippen MR) is 84.8 cm³/mol. The van der Waals surface area contributed by atoms with E-state index in [2.05, 4.69) is 10.2 Å². The highest BCUT2D eigenvalue weighted by Gasteiger charge is 2.16. The molecule has 0 aromatic carbocycles. The first-order chi connectivity index (χ1) is 10.8. The first kappa shape index (κ1) is 18.9. The predicted octanol–water partition coefficient (Wildman–Crippen LogP) is 1.50. The number of hydrogen-bond donors (Lipinski definition) is 2. The highest BCUT2D eigenvalue weighted by Crippen LogP contribution is 2.15. The van der Waals surface area contributed by atoms with E-state index in [-0.39, 0.29) is 12.4 Å². The molecular weight excluding hydrogens is 284 g/mol. The molecular formula is C16H30N2O4. The largest absolute Gasteiger partial charge is 0.483 e. The fraction of sp³-hybridized carbons (Fsp3) is 0.875. The minimum Gasteiger partial charge on any atom is -0.483 e. The highest BCUT2D eigenvalue weighted by atomic mass is 16.5. The molecule has 2 N–H and O–H groups in total. The van der Waals surface area contributed by atoms with E-state index in [1.807, 2.05) is 0 Å². The van der Waals surface area contributed by atoms with Crippen LogP contribution in [0.15, 0.2) is 0 Å². The SMILES string of the molecule is O=C(CN1CCCCCCC1)NCCC1CCOC1.O=CO. The summed E-state index contributed by atoms with van der Waals surface area (Å²) < 4.78 is 5.34. The average Bonchev–Trinajstić information content (AvgIpc) is 2.96.